The van der Waals surface area contributed by atoms with E-state index >= 15 is 0 Å². The van der Waals surface area contributed by atoms with Crippen LogP contribution in [0.25, 0.3) is 0 Å². The van der Waals surface area contributed by atoms with Crippen molar-refractivity contribution < 1.29 is 14.3 Å². The molecule has 5 nitrogen and oxygen atoms in total. The smallest absolute Gasteiger partial charge is 0.244 e. The standard InChI is InChI=1S/C15H21ClN2O3/c1-11-9-13(16)5-6-14(11)17-15(20)10-18(12(2)19)7-4-8-21-3/h5-6,9H,4,7-8,10H2,1-3H3,(H,17,20). The van der Waals surface area contributed by atoms with Crippen LogP contribution in [0.3, 0.4) is 0 Å². The van der Waals surface area contributed by atoms with Gasteiger partial charge >= 0.3 is 0 Å². The number of amides is 2. The fraction of sp³-hybridized carbons (Fsp3) is 0.467. The van der Waals surface area contributed by atoms with Gasteiger partial charge in [0.15, 0.2) is 0 Å². The topological polar surface area (TPSA) is 58.6 Å². The first kappa shape index (κ1) is 17.5. The molecule has 0 atom stereocenters. The summed E-state index contributed by atoms with van der Waals surface area (Å²) in [4.78, 5) is 25.1. The first-order valence-electron chi connectivity index (χ1n) is 6.74. The van der Waals surface area contributed by atoms with Gasteiger partial charge in [-0.2, -0.15) is 0 Å². The number of rotatable bonds is 7. The normalized spacial score (nSPS) is 10.3. The monoisotopic (exact) mass is 312 g/mol. The summed E-state index contributed by atoms with van der Waals surface area (Å²) in [5.74, 6) is -0.359. The third kappa shape index (κ3) is 6.14. The van der Waals surface area contributed by atoms with Crippen molar-refractivity contribution in [2.75, 3.05) is 32.1 Å². The molecule has 0 aliphatic rings. The van der Waals surface area contributed by atoms with Crippen LogP contribution < -0.4 is 5.32 Å². The van der Waals surface area contributed by atoms with Crippen LogP contribution in [0.2, 0.25) is 5.02 Å². The fourth-order valence-corrected chi connectivity index (χ4v) is 2.10. The van der Waals surface area contributed by atoms with E-state index in [0.29, 0.717) is 30.3 Å². The number of halogens is 1. The predicted octanol–water partition coefficient (Wildman–Crippen LogP) is 2.47. The van der Waals surface area contributed by atoms with Crippen LogP contribution in [0.1, 0.15) is 18.9 Å². The van der Waals surface area contributed by atoms with E-state index in [-0.39, 0.29) is 18.4 Å². The second-order valence-electron chi connectivity index (χ2n) is 4.79. The fourth-order valence-electron chi connectivity index (χ4n) is 1.88. The Morgan fingerprint density at radius 1 is 1.38 bits per heavy atom. The van der Waals surface area contributed by atoms with Gasteiger partial charge in [0.25, 0.3) is 0 Å². The zero-order chi connectivity index (χ0) is 15.8. The molecule has 1 aromatic carbocycles. The maximum atomic E-state index is 12.0. The summed E-state index contributed by atoms with van der Waals surface area (Å²) in [5, 5.41) is 3.41. The van der Waals surface area contributed by atoms with E-state index in [2.05, 4.69) is 5.32 Å². The van der Waals surface area contributed by atoms with Crippen molar-refractivity contribution in [3.63, 3.8) is 0 Å². The molecule has 0 aliphatic heterocycles. The third-order valence-corrected chi connectivity index (χ3v) is 3.25. The van der Waals surface area contributed by atoms with Crippen LogP contribution >= 0.6 is 11.6 Å². The average Bonchev–Trinajstić information content (AvgIpc) is 2.41. The molecule has 0 radical (unpaired) electrons. The molecule has 0 spiro atoms. The quantitative estimate of drug-likeness (QED) is 0.787. The molecule has 21 heavy (non-hydrogen) atoms. The summed E-state index contributed by atoms with van der Waals surface area (Å²) in [6.07, 6.45) is 0.698. The molecule has 1 aromatic rings. The number of hydrogen-bond donors (Lipinski definition) is 1. The van der Waals surface area contributed by atoms with Crippen LogP contribution in [-0.4, -0.2) is 43.5 Å². The summed E-state index contributed by atoms with van der Waals surface area (Å²) >= 11 is 5.87. The zero-order valence-electron chi connectivity index (χ0n) is 12.6. The summed E-state index contributed by atoms with van der Waals surface area (Å²) < 4.78 is 4.95. The van der Waals surface area contributed by atoms with Gasteiger partial charge in [-0.15, -0.1) is 0 Å². The number of hydrogen-bond acceptors (Lipinski definition) is 3. The first-order valence-corrected chi connectivity index (χ1v) is 7.12. The number of anilines is 1. The first-order chi connectivity index (χ1) is 9.93. The molecular formula is C15H21ClN2O3. The minimum atomic E-state index is -0.229. The summed E-state index contributed by atoms with van der Waals surface area (Å²) in [5.41, 5.74) is 1.58. The molecule has 1 rings (SSSR count). The Labute approximate surface area is 130 Å². The molecule has 116 valence electrons. The number of nitrogens with one attached hydrogen (secondary N) is 1. The van der Waals surface area contributed by atoms with Gasteiger partial charge in [-0.3, -0.25) is 9.59 Å². The van der Waals surface area contributed by atoms with E-state index in [9.17, 15) is 9.59 Å². The van der Waals surface area contributed by atoms with Crippen molar-refractivity contribution in [2.45, 2.75) is 20.3 Å². The molecule has 0 aliphatic carbocycles. The van der Waals surface area contributed by atoms with Crippen molar-refractivity contribution in [1.82, 2.24) is 4.90 Å². The second-order valence-corrected chi connectivity index (χ2v) is 5.23. The predicted molar refractivity (Wildman–Crippen MR) is 83.6 cm³/mol. The molecule has 0 aromatic heterocycles. The lowest BCUT2D eigenvalue weighted by Gasteiger charge is -2.20. The van der Waals surface area contributed by atoms with Gasteiger partial charge < -0.3 is 15.0 Å². The molecule has 0 heterocycles. The molecule has 0 unspecified atom stereocenters. The van der Waals surface area contributed by atoms with E-state index in [0.717, 1.165) is 5.56 Å². The SMILES string of the molecule is COCCCN(CC(=O)Nc1ccc(Cl)cc1C)C(C)=O. The molecule has 1 N–H and O–H groups in total. The number of carbonyl (C=O) groups is 2. The maximum absolute atomic E-state index is 12.0. The van der Waals surface area contributed by atoms with Crippen molar-refractivity contribution in [2.24, 2.45) is 0 Å². The summed E-state index contributed by atoms with van der Waals surface area (Å²) in [6.45, 7) is 4.40. The number of ether oxygens (including phenoxy) is 1. The molecule has 0 bridgehead atoms. The largest absolute Gasteiger partial charge is 0.385 e. The molecule has 0 saturated heterocycles. The van der Waals surface area contributed by atoms with E-state index in [1.165, 1.54) is 11.8 Å². The van der Waals surface area contributed by atoms with Crippen LogP contribution in [0.4, 0.5) is 5.69 Å². The van der Waals surface area contributed by atoms with Crippen LogP contribution in [-0.2, 0) is 14.3 Å². The van der Waals surface area contributed by atoms with Gasteiger partial charge in [-0.25, -0.2) is 0 Å². The lowest BCUT2D eigenvalue weighted by Crippen LogP contribution is -2.37. The summed E-state index contributed by atoms with van der Waals surface area (Å²) in [6, 6.07) is 5.24. The highest BCUT2D eigenvalue weighted by molar-refractivity contribution is 6.30. The number of carbonyl (C=O) groups excluding carboxylic acids is 2. The summed E-state index contributed by atoms with van der Waals surface area (Å²) in [7, 11) is 1.61. The Kier molecular flexibility index (Phi) is 7.19. The molecule has 0 fully saturated rings. The zero-order valence-corrected chi connectivity index (χ0v) is 13.4. The van der Waals surface area contributed by atoms with Crippen LogP contribution in [0, 0.1) is 6.92 Å². The highest BCUT2D eigenvalue weighted by Crippen LogP contribution is 2.19. The average molecular weight is 313 g/mol. The van der Waals surface area contributed by atoms with Gasteiger partial charge in [-0.1, -0.05) is 11.6 Å². The van der Waals surface area contributed by atoms with Crippen LogP contribution in [0.15, 0.2) is 18.2 Å². The van der Waals surface area contributed by atoms with Crippen molar-refractivity contribution >= 4 is 29.1 Å². The number of aryl methyl sites for hydroxylation is 1. The highest BCUT2D eigenvalue weighted by atomic mass is 35.5. The van der Waals surface area contributed by atoms with Crippen LogP contribution in [0.5, 0.6) is 0 Å². The third-order valence-electron chi connectivity index (χ3n) is 3.02. The van der Waals surface area contributed by atoms with E-state index in [4.69, 9.17) is 16.3 Å². The lowest BCUT2D eigenvalue weighted by atomic mass is 10.2. The Morgan fingerprint density at radius 2 is 2.10 bits per heavy atom. The minimum Gasteiger partial charge on any atom is -0.385 e. The van der Waals surface area contributed by atoms with E-state index in [1.807, 2.05) is 6.92 Å². The Morgan fingerprint density at radius 3 is 2.67 bits per heavy atom. The van der Waals surface area contributed by atoms with Gasteiger partial charge in [-0.05, 0) is 37.1 Å². The van der Waals surface area contributed by atoms with Gasteiger partial charge in [0.2, 0.25) is 11.8 Å². The lowest BCUT2D eigenvalue weighted by molar-refractivity contribution is -0.132. The Bertz CT molecular complexity index is 506. The highest BCUT2D eigenvalue weighted by Gasteiger charge is 2.14. The molecular weight excluding hydrogens is 292 g/mol. The molecule has 6 heteroatoms. The van der Waals surface area contributed by atoms with E-state index in [1.54, 1.807) is 25.3 Å². The van der Waals surface area contributed by atoms with E-state index < -0.39 is 0 Å². The van der Waals surface area contributed by atoms with Crippen molar-refractivity contribution in [3.05, 3.63) is 28.8 Å². The Balaban J connectivity index is 2.59. The maximum Gasteiger partial charge on any atom is 0.244 e. The molecule has 2 amide bonds. The molecule has 0 saturated carbocycles. The number of methoxy groups -OCH3 is 1. The number of benzene rings is 1. The minimum absolute atomic E-state index is 0.0289. The van der Waals surface area contributed by atoms with Crippen molar-refractivity contribution in [1.29, 1.82) is 0 Å². The van der Waals surface area contributed by atoms with Gasteiger partial charge in [0, 0.05) is 37.9 Å². The van der Waals surface area contributed by atoms with Crippen molar-refractivity contribution in [3.8, 4) is 0 Å². The van der Waals surface area contributed by atoms with Gasteiger partial charge in [0.05, 0.1) is 6.54 Å². The number of nitrogens with zero attached hydrogens (tertiary/aromatic N) is 1. The second kappa shape index (κ2) is 8.64. The Hall–Kier alpha value is -1.59. The van der Waals surface area contributed by atoms with Gasteiger partial charge in [0.1, 0.15) is 0 Å².